The van der Waals surface area contributed by atoms with E-state index in [4.69, 9.17) is 16.7 Å². The van der Waals surface area contributed by atoms with Gasteiger partial charge in [0.25, 0.3) is 0 Å². The second-order valence-electron chi connectivity index (χ2n) is 5.96. The molecule has 0 unspecified atom stereocenters. The third kappa shape index (κ3) is 5.61. The normalized spacial score (nSPS) is 15.8. The molecule has 0 radical (unpaired) electrons. The molecule has 0 spiro atoms. The van der Waals surface area contributed by atoms with E-state index in [1.165, 1.54) is 24.3 Å². The van der Waals surface area contributed by atoms with Crippen molar-refractivity contribution >= 4 is 33.4 Å². The number of benzene rings is 1. The molecule has 1 aliphatic heterocycles. The molecule has 9 heteroatoms. The molecule has 7 nitrogen and oxygen atoms in total. The largest absolute Gasteiger partial charge is 0.481 e. The van der Waals surface area contributed by atoms with Gasteiger partial charge in [0.2, 0.25) is 0 Å². The van der Waals surface area contributed by atoms with Crippen molar-refractivity contribution in [1.82, 2.24) is 10.2 Å². The second kappa shape index (κ2) is 8.53. The molecule has 1 aliphatic rings. The number of urea groups is 1. The maximum Gasteiger partial charge on any atom is 0.317 e. The highest BCUT2D eigenvalue weighted by Gasteiger charge is 2.26. The fraction of sp³-hybridized carbons (Fsp3) is 0.500. The van der Waals surface area contributed by atoms with Crippen molar-refractivity contribution in [2.24, 2.45) is 5.92 Å². The average molecular weight is 389 g/mol. The van der Waals surface area contributed by atoms with Gasteiger partial charge in [0.1, 0.15) is 0 Å². The number of piperidine rings is 1. The number of carboxylic acids is 1. The number of carbonyl (C=O) groups excluding carboxylic acids is 1. The summed E-state index contributed by atoms with van der Waals surface area (Å²) in [6, 6.07) is 5.69. The van der Waals surface area contributed by atoms with Gasteiger partial charge in [-0.3, -0.25) is 4.79 Å². The van der Waals surface area contributed by atoms with E-state index in [9.17, 15) is 18.0 Å². The third-order valence-corrected chi connectivity index (χ3v) is 6.24. The Bertz CT molecular complexity index is 713. The maximum absolute atomic E-state index is 12.2. The number of rotatable bonds is 6. The summed E-state index contributed by atoms with van der Waals surface area (Å²) in [6.07, 6.45) is 1.17. The van der Waals surface area contributed by atoms with E-state index in [1.54, 1.807) is 4.90 Å². The van der Waals surface area contributed by atoms with Crippen molar-refractivity contribution in [1.29, 1.82) is 0 Å². The van der Waals surface area contributed by atoms with Gasteiger partial charge >= 0.3 is 12.0 Å². The lowest BCUT2D eigenvalue weighted by Gasteiger charge is -2.30. The summed E-state index contributed by atoms with van der Waals surface area (Å²) in [5.74, 6) is -1.29. The lowest BCUT2D eigenvalue weighted by Crippen LogP contribution is -2.45. The first-order valence-corrected chi connectivity index (χ1v) is 10.1. The zero-order valence-corrected chi connectivity index (χ0v) is 15.2. The Kier molecular flexibility index (Phi) is 6.66. The number of amides is 2. The molecule has 2 N–H and O–H groups in total. The van der Waals surface area contributed by atoms with Crippen molar-refractivity contribution < 1.29 is 23.1 Å². The number of hydrogen-bond donors (Lipinski definition) is 2. The standard InChI is InChI=1S/C16H21ClN2O5S/c17-13-2-4-14(5-3-13)25(23,24)11-1-8-18-16(22)19-9-6-12(7-10-19)15(20)21/h2-5,12H,1,6-11H2,(H,18,22)(H,20,21). The lowest BCUT2D eigenvalue weighted by molar-refractivity contribution is -0.143. The minimum absolute atomic E-state index is 0.0734. The van der Waals surface area contributed by atoms with Crippen molar-refractivity contribution in [2.45, 2.75) is 24.2 Å². The molecule has 1 fully saturated rings. The van der Waals surface area contributed by atoms with Crippen LogP contribution in [0.5, 0.6) is 0 Å². The molecule has 0 aliphatic carbocycles. The minimum atomic E-state index is -3.41. The quantitative estimate of drug-likeness (QED) is 0.725. The van der Waals surface area contributed by atoms with E-state index in [2.05, 4.69) is 5.32 Å². The highest BCUT2D eigenvalue weighted by atomic mass is 35.5. The molecule has 25 heavy (non-hydrogen) atoms. The number of nitrogens with zero attached hydrogens (tertiary/aromatic N) is 1. The van der Waals surface area contributed by atoms with Crippen molar-refractivity contribution in [3.05, 3.63) is 29.3 Å². The van der Waals surface area contributed by atoms with Gasteiger partial charge in [0.05, 0.1) is 16.6 Å². The predicted octanol–water partition coefficient (Wildman–Crippen LogP) is 2.01. The van der Waals surface area contributed by atoms with E-state index < -0.39 is 21.7 Å². The van der Waals surface area contributed by atoms with Crippen LogP contribution in [0.2, 0.25) is 5.02 Å². The first-order valence-electron chi connectivity index (χ1n) is 8.03. The molecule has 1 aromatic carbocycles. The molecule has 0 bridgehead atoms. The summed E-state index contributed by atoms with van der Waals surface area (Å²) in [5, 5.41) is 12.1. The third-order valence-electron chi connectivity index (χ3n) is 4.17. The number of nitrogens with one attached hydrogen (secondary N) is 1. The number of sulfone groups is 1. The molecule has 0 atom stereocenters. The second-order valence-corrected chi connectivity index (χ2v) is 8.50. The summed E-state index contributed by atoms with van der Waals surface area (Å²) >= 11 is 5.74. The van der Waals surface area contributed by atoms with Crippen molar-refractivity contribution in [3.63, 3.8) is 0 Å². The van der Waals surface area contributed by atoms with Gasteiger partial charge in [-0.15, -0.1) is 0 Å². The molecule has 1 heterocycles. The fourth-order valence-corrected chi connectivity index (χ4v) is 4.10. The first kappa shape index (κ1) is 19.5. The van der Waals surface area contributed by atoms with Crippen molar-refractivity contribution in [2.75, 3.05) is 25.4 Å². The SMILES string of the molecule is O=C(O)C1CCN(C(=O)NCCCS(=O)(=O)c2ccc(Cl)cc2)CC1. The Hall–Kier alpha value is -1.80. The van der Waals surface area contributed by atoms with Crippen LogP contribution in [0.3, 0.4) is 0 Å². The van der Waals surface area contributed by atoms with Crippen LogP contribution in [0.4, 0.5) is 4.79 Å². The summed E-state index contributed by atoms with van der Waals surface area (Å²) in [7, 11) is -3.41. The van der Waals surface area contributed by atoms with Crippen LogP contribution >= 0.6 is 11.6 Å². The summed E-state index contributed by atoms with van der Waals surface area (Å²) < 4.78 is 24.3. The Morgan fingerprint density at radius 1 is 1.20 bits per heavy atom. The monoisotopic (exact) mass is 388 g/mol. The summed E-state index contributed by atoms with van der Waals surface area (Å²) in [4.78, 5) is 24.7. The van der Waals surface area contributed by atoms with Gasteiger partial charge in [-0.2, -0.15) is 0 Å². The van der Waals surface area contributed by atoms with Crippen LogP contribution in [-0.4, -0.2) is 55.8 Å². The Morgan fingerprint density at radius 2 is 1.80 bits per heavy atom. The van der Waals surface area contributed by atoms with E-state index in [0.29, 0.717) is 37.4 Å². The highest BCUT2D eigenvalue weighted by molar-refractivity contribution is 7.91. The zero-order chi connectivity index (χ0) is 18.4. The number of carboxylic acid groups (broad SMARTS) is 1. The topological polar surface area (TPSA) is 104 Å². The number of aliphatic carboxylic acids is 1. The fourth-order valence-electron chi connectivity index (χ4n) is 2.66. The molecular formula is C16H21ClN2O5S. The van der Waals surface area contributed by atoms with Gasteiger partial charge in [-0.05, 0) is 43.5 Å². The minimum Gasteiger partial charge on any atom is -0.481 e. The Balaban J connectivity index is 1.73. The van der Waals surface area contributed by atoms with Gasteiger partial charge in [0.15, 0.2) is 9.84 Å². The predicted molar refractivity (Wildman–Crippen MR) is 93.5 cm³/mol. The van der Waals surface area contributed by atoms with Gasteiger partial charge in [-0.25, -0.2) is 13.2 Å². The van der Waals surface area contributed by atoms with E-state index in [-0.39, 0.29) is 23.2 Å². The van der Waals surface area contributed by atoms with Crippen LogP contribution in [0, 0.1) is 5.92 Å². The van der Waals surface area contributed by atoms with Crippen LogP contribution in [0.25, 0.3) is 0 Å². The smallest absolute Gasteiger partial charge is 0.317 e. The average Bonchev–Trinajstić information content (AvgIpc) is 2.59. The summed E-state index contributed by atoms with van der Waals surface area (Å²) in [6.45, 7) is 1.03. The van der Waals surface area contributed by atoms with Crippen LogP contribution < -0.4 is 5.32 Å². The molecule has 1 saturated heterocycles. The van der Waals surface area contributed by atoms with Gasteiger partial charge in [0, 0.05) is 24.7 Å². The van der Waals surface area contributed by atoms with Gasteiger partial charge in [-0.1, -0.05) is 11.6 Å². The number of halogens is 1. The Morgan fingerprint density at radius 3 is 2.36 bits per heavy atom. The number of likely N-dealkylation sites (tertiary alicyclic amines) is 1. The van der Waals surface area contributed by atoms with E-state index in [0.717, 1.165) is 0 Å². The molecule has 138 valence electrons. The molecule has 1 aromatic rings. The number of hydrogen-bond acceptors (Lipinski definition) is 4. The van der Waals surface area contributed by atoms with Crippen molar-refractivity contribution in [3.8, 4) is 0 Å². The molecular weight excluding hydrogens is 368 g/mol. The van der Waals surface area contributed by atoms with E-state index in [1.807, 2.05) is 0 Å². The van der Waals surface area contributed by atoms with Crippen LogP contribution in [0.15, 0.2) is 29.2 Å². The Labute approximate surface area is 151 Å². The lowest BCUT2D eigenvalue weighted by atomic mass is 9.97. The number of carbonyl (C=O) groups is 2. The molecule has 0 saturated carbocycles. The molecule has 2 amide bonds. The summed E-state index contributed by atoms with van der Waals surface area (Å²) in [5.41, 5.74) is 0. The maximum atomic E-state index is 12.2. The van der Waals surface area contributed by atoms with Crippen LogP contribution in [0.1, 0.15) is 19.3 Å². The van der Waals surface area contributed by atoms with E-state index >= 15 is 0 Å². The highest BCUT2D eigenvalue weighted by Crippen LogP contribution is 2.17. The molecule has 0 aromatic heterocycles. The first-order chi connectivity index (χ1) is 11.8. The molecule has 2 rings (SSSR count). The van der Waals surface area contributed by atoms with Crippen LogP contribution in [-0.2, 0) is 14.6 Å². The zero-order valence-electron chi connectivity index (χ0n) is 13.7. The van der Waals surface area contributed by atoms with Gasteiger partial charge < -0.3 is 15.3 Å².